The van der Waals surface area contributed by atoms with E-state index in [1.165, 1.54) is 18.2 Å². The number of halogens is 1. The van der Waals surface area contributed by atoms with Crippen LogP contribution in [0.1, 0.15) is 30.6 Å². The van der Waals surface area contributed by atoms with Gasteiger partial charge in [-0.25, -0.2) is 0 Å². The highest BCUT2D eigenvalue weighted by molar-refractivity contribution is 14.1. The summed E-state index contributed by atoms with van der Waals surface area (Å²) in [5.74, 6) is -0.425. The molecular formula is C12H15IN2O4. The molecule has 0 aliphatic carbocycles. The third-order valence-corrected chi connectivity index (χ3v) is 3.89. The van der Waals surface area contributed by atoms with Crippen molar-refractivity contribution in [2.24, 2.45) is 0 Å². The molecule has 1 aromatic rings. The third kappa shape index (κ3) is 3.87. The lowest BCUT2D eigenvalue weighted by Crippen LogP contribution is -2.48. The van der Waals surface area contributed by atoms with Gasteiger partial charge in [0.25, 0.3) is 11.6 Å². The average Bonchev–Trinajstić information content (AvgIpc) is 2.38. The Morgan fingerprint density at radius 3 is 2.68 bits per heavy atom. The number of amides is 1. The lowest BCUT2D eigenvalue weighted by molar-refractivity contribution is -0.384. The van der Waals surface area contributed by atoms with Crippen LogP contribution < -0.4 is 5.32 Å². The zero-order valence-corrected chi connectivity index (χ0v) is 12.8. The number of nitrogens with zero attached hydrogens (tertiary/aromatic N) is 1. The first kappa shape index (κ1) is 15.8. The van der Waals surface area contributed by atoms with Gasteiger partial charge in [0.2, 0.25) is 0 Å². The summed E-state index contributed by atoms with van der Waals surface area (Å²) in [6, 6.07) is 4.12. The lowest BCUT2D eigenvalue weighted by Gasteiger charge is -2.27. The Balaban J connectivity index is 3.06. The Bertz CT molecular complexity index is 501. The van der Waals surface area contributed by atoms with E-state index in [9.17, 15) is 20.0 Å². The highest BCUT2D eigenvalue weighted by Gasteiger charge is 2.25. The van der Waals surface area contributed by atoms with E-state index in [4.69, 9.17) is 0 Å². The Morgan fingerprint density at radius 2 is 2.21 bits per heavy atom. The van der Waals surface area contributed by atoms with Crippen LogP contribution in [0.15, 0.2) is 18.2 Å². The summed E-state index contributed by atoms with van der Waals surface area (Å²) in [5.41, 5.74) is -0.624. The van der Waals surface area contributed by atoms with Gasteiger partial charge in [-0.3, -0.25) is 14.9 Å². The molecule has 1 unspecified atom stereocenters. The van der Waals surface area contributed by atoms with Gasteiger partial charge in [0, 0.05) is 15.7 Å². The summed E-state index contributed by atoms with van der Waals surface area (Å²) in [6.45, 7) is 3.37. The fraction of sp³-hybridized carbons (Fsp3) is 0.417. The number of hydrogen-bond acceptors (Lipinski definition) is 4. The third-order valence-electron chi connectivity index (χ3n) is 2.95. The Labute approximate surface area is 124 Å². The monoisotopic (exact) mass is 378 g/mol. The molecule has 1 atom stereocenters. The number of carbonyl (C=O) groups is 1. The molecule has 0 fully saturated rings. The van der Waals surface area contributed by atoms with E-state index in [1.54, 1.807) is 6.92 Å². The Hall–Kier alpha value is -1.22. The van der Waals surface area contributed by atoms with Crippen molar-refractivity contribution in [2.45, 2.75) is 25.8 Å². The minimum absolute atomic E-state index is 0.132. The number of non-ortho nitro benzene ring substituents is 1. The molecule has 0 bridgehead atoms. The van der Waals surface area contributed by atoms with Gasteiger partial charge in [0.1, 0.15) is 0 Å². The maximum atomic E-state index is 12.1. The van der Waals surface area contributed by atoms with Crippen molar-refractivity contribution in [1.82, 2.24) is 5.32 Å². The van der Waals surface area contributed by atoms with Crippen LogP contribution in [-0.2, 0) is 0 Å². The van der Waals surface area contributed by atoms with Gasteiger partial charge < -0.3 is 10.4 Å². The highest BCUT2D eigenvalue weighted by Crippen LogP contribution is 2.20. The summed E-state index contributed by atoms with van der Waals surface area (Å²) in [6.07, 6.45) is 0.556. The number of hydrogen-bond donors (Lipinski definition) is 2. The minimum atomic E-state index is -0.731. The second-order valence-electron chi connectivity index (χ2n) is 4.45. The molecular weight excluding hydrogens is 363 g/mol. The quantitative estimate of drug-likeness (QED) is 0.466. The van der Waals surface area contributed by atoms with Gasteiger partial charge in [0.15, 0.2) is 0 Å². The second-order valence-corrected chi connectivity index (χ2v) is 5.61. The summed E-state index contributed by atoms with van der Waals surface area (Å²) in [4.78, 5) is 22.3. The number of aliphatic hydroxyl groups excluding tert-OH is 1. The minimum Gasteiger partial charge on any atom is -0.394 e. The number of nitro groups is 1. The van der Waals surface area contributed by atoms with Crippen molar-refractivity contribution in [2.75, 3.05) is 6.61 Å². The summed E-state index contributed by atoms with van der Waals surface area (Å²) >= 11 is 1.95. The standard InChI is InChI=1S/C12H15IN2O4/c1-3-12(2,7-16)14-11(17)9-6-8(15(18)19)4-5-10(9)13/h4-6,16H,3,7H2,1-2H3,(H,14,17). The molecule has 2 N–H and O–H groups in total. The lowest BCUT2D eigenvalue weighted by atomic mass is 9.99. The number of benzene rings is 1. The van der Waals surface area contributed by atoms with Crippen LogP contribution in [0.5, 0.6) is 0 Å². The number of rotatable bonds is 5. The van der Waals surface area contributed by atoms with Crippen molar-refractivity contribution >= 4 is 34.2 Å². The molecule has 1 aromatic carbocycles. The molecule has 104 valence electrons. The van der Waals surface area contributed by atoms with Gasteiger partial charge in [0.05, 0.1) is 22.6 Å². The van der Waals surface area contributed by atoms with E-state index in [1.807, 2.05) is 29.5 Å². The fourth-order valence-corrected chi connectivity index (χ4v) is 1.96. The van der Waals surface area contributed by atoms with Gasteiger partial charge in [-0.2, -0.15) is 0 Å². The first-order valence-electron chi connectivity index (χ1n) is 5.70. The average molecular weight is 378 g/mol. The van der Waals surface area contributed by atoms with Crippen LogP contribution in [0.25, 0.3) is 0 Å². The highest BCUT2D eigenvalue weighted by atomic mass is 127. The Morgan fingerprint density at radius 1 is 1.58 bits per heavy atom. The van der Waals surface area contributed by atoms with Gasteiger partial charge in [-0.15, -0.1) is 0 Å². The molecule has 1 rings (SSSR count). The van der Waals surface area contributed by atoms with Crippen molar-refractivity contribution in [1.29, 1.82) is 0 Å². The molecule has 6 nitrogen and oxygen atoms in total. The SMILES string of the molecule is CCC(C)(CO)NC(=O)c1cc([N+](=O)[O-])ccc1I. The van der Waals surface area contributed by atoms with E-state index < -0.39 is 16.4 Å². The number of nitro benzene ring substituents is 1. The smallest absolute Gasteiger partial charge is 0.270 e. The first-order chi connectivity index (χ1) is 8.83. The molecule has 0 spiro atoms. The molecule has 0 aliphatic rings. The Kier molecular flexibility index (Phi) is 5.24. The fourth-order valence-electron chi connectivity index (χ4n) is 1.38. The van der Waals surface area contributed by atoms with Gasteiger partial charge in [-0.05, 0) is 42.0 Å². The molecule has 7 heteroatoms. The van der Waals surface area contributed by atoms with E-state index in [2.05, 4.69) is 5.32 Å². The molecule has 0 saturated carbocycles. The number of carbonyl (C=O) groups excluding carboxylic acids is 1. The molecule has 0 aromatic heterocycles. The second kappa shape index (κ2) is 6.29. The summed E-state index contributed by atoms with van der Waals surface area (Å²) in [5, 5.41) is 22.7. The predicted molar refractivity (Wildman–Crippen MR) is 79.1 cm³/mol. The van der Waals surface area contributed by atoms with Crippen LogP contribution in [-0.4, -0.2) is 28.1 Å². The summed E-state index contributed by atoms with van der Waals surface area (Å²) < 4.78 is 0.622. The topological polar surface area (TPSA) is 92.5 Å². The molecule has 19 heavy (non-hydrogen) atoms. The van der Waals surface area contributed by atoms with Crippen molar-refractivity contribution < 1.29 is 14.8 Å². The molecule has 1 amide bonds. The van der Waals surface area contributed by atoms with E-state index >= 15 is 0 Å². The maximum absolute atomic E-state index is 12.1. The molecule has 0 radical (unpaired) electrons. The molecule has 0 aliphatic heterocycles. The van der Waals surface area contributed by atoms with Crippen LogP contribution in [0.4, 0.5) is 5.69 Å². The van der Waals surface area contributed by atoms with E-state index in [0.29, 0.717) is 9.99 Å². The van der Waals surface area contributed by atoms with Gasteiger partial charge >= 0.3 is 0 Å². The molecule has 0 heterocycles. The van der Waals surface area contributed by atoms with Crippen LogP contribution >= 0.6 is 22.6 Å². The number of aliphatic hydroxyl groups is 1. The zero-order valence-electron chi connectivity index (χ0n) is 10.6. The molecule has 0 saturated heterocycles. The zero-order chi connectivity index (χ0) is 14.6. The first-order valence-corrected chi connectivity index (χ1v) is 6.78. The number of nitrogens with one attached hydrogen (secondary N) is 1. The van der Waals surface area contributed by atoms with Crippen LogP contribution in [0.2, 0.25) is 0 Å². The van der Waals surface area contributed by atoms with Crippen LogP contribution in [0, 0.1) is 13.7 Å². The normalized spacial score (nSPS) is 13.7. The van der Waals surface area contributed by atoms with Crippen molar-refractivity contribution in [3.05, 3.63) is 37.4 Å². The van der Waals surface area contributed by atoms with E-state index in [0.717, 1.165) is 0 Å². The van der Waals surface area contributed by atoms with Gasteiger partial charge in [-0.1, -0.05) is 6.92 Å². The largest absolute Gasteiger partial charge is 0.394 e. The maximum Gasteiger partial charge on any atom is 0.270 e. The van der Waals surface area contributed by atoms with Crippen molar-refractivity contribution in [3.8, 4) is 0 Å². The van der Waals surface area contributed by atoms with E-state index in [-0.39, 0.29) is 17.9 Å². The van der Waals surface area contributed by atoms with Crippen molar-refractivity contribution in [3.63, 3.8) is 0 Å². The summed E-state index contributed by atoms with van der Waals surface area (Å²) in [7, 11) is 0. The van der Waals surface area contributed by atoms with Crippen LogP contribution in [0.3, 0.4) is 0 Å². The predicted octanol–water partition coefficient (Wildman–Crippen LogP) is 2.09.